The highest BCUT2D eigenvalue weighted by atomic mass is 16.1. The molecule has 0 saturated heterocycles. The van der Waals surface area contributed by atoms with Crippen molar-refractivity contribution in [2.45, 2.75) is 20.4 Å². The monoisotopic (exact) mass is 305 g/mol. The average Bonchev–Trinajstić information content (AvgIpc) is 2.96. The Morgan fingerprint density at radius 2 is 1.74 bits per heavy atom. The molecule has 0 saturated carbocycles. The maximum Gasteiger partial charge on any atom is 0.255 e. The first-order valence-corrected chi connectivity index (χ1v) is 7.59. The SMILES string of the molecule is Cc1ccc(-n2ncc(C(=O)NCc3ccccc3)c2C)cc1. The normalized spacial score (nSPS) is 10.5. The van der Waals surface area contributed by atoms with E-state index in [1.54, 1.807) is 10.9 Å². The van der Waals surface area contributed by atoms with Crippen LogP contribution in [0.15, 0.2) is 60.8 Å². The molecule has 1 aromatic heterocycles. The van der Waals surface area contributed by atoms with Crippen LogP contribution >= 0.6 is 0 Å². The van der Waals surface area contributed by atoms with Crippen LogP contribution in [0.4, 0.5) is 0 Å². The van der Waals surface area contributed by atoms with E-state index in [-0.39, 0.29) is 5.91 Å². The number of hydrogen-bond donors (Lipinski definition) is 1. The zero-order chi connectivity index (χ0) is 16.2. The van der Waals surface area contributed by atoms with Gasteiger partial charge in [-0.05, 0) is 31.5 Å². The maximum atomic E-state index is 12.4. The predicted molar refractivity (Wildman–Crippen MR) is 90.7 cm³/mol. The number of carbonyl (C=O) groups excluding carboxylic acids is 1. The molecule has 1 amide bonds. The summed E-state index contributed by atoms with van der Waals surface area (Å²) in [6.07, 6.45) is 1.62. The van der Waals surface area contributed by atoms with Crippen LogP contribution in [0.1, 0.15) is 27.2 Å². The standard InChI is InChI=1S/C19H19N3O/c1-14-8-10-17(11-9-14)22-15(2)18(13-21-22)19(23)20-12-16-6-4-3-5-7-16/h3-11,13H,12H2,1-2H3,(H,20,23). The van der Waals surface area contributed by atoms with Gasteiger partial charge in [0.15, 0.2) is 0 Å². The second-order valence-corrected chi connectivity index (χ2v) is 5.56. The van der Waals surface area contributed by atoms with Crippen molar-refractivity contribution >= 4 is 5.91 Å². The summed E-state index contributed by atoms with van der Waals surface area (Å²) in [4.78, 5) is 12.4. The largest absolute Gasteiger partial charge is 0.348 e. The lowest BCUT2D eigenvalue weighted by molar-refractivity contribution is 0.0950. The lowest BCUT2D eigenvalue weighted by atomic mass is 10.2. The average molecular weight is 305 g/mol. The molecule has 1 N–H and O–H groups in total. The summed E-state index contributed by atoms with van der Waals surface area (Å²) in [7, 11) is 0. The number of amides is 1. The third kappa shape index (κ3) is 3.31. The molecule has 23 heavy (non-hydrogen) atoms. The van der Waals surface area contributed by atoms with Gasteiger partial charge in [0.25, 0.3) is 5.91 Å². The summed E-state index contributed by atoms with van der Waals surface area (Å²) in [5.41, 5.74) is 4.65. The fourth-order valence-electron chi connectivity index (χ4n) is 2.45. The third-order valence-corrected chi connectivity index (χ3v) is 3.83. The highest BCUT2D eigenvalue weighted by Crippen LogP contribution is 2.15. The Bertz CT molecular complexity index is 804. The van der Waals surface area contributed by atoms with Crippen molar-refractivity contribution in [2.24, 2.45) is 0 Å². The molecular formula is C19H19N3O. The van der Waals surface area contributed by atoms with Crippen LogP contribution < -0.4 is 5.32 Å². The first-order valence-electron chi connectivity index (χ1n) is 7.59. The molecule has 0 bridgehead atoms. The van der Waals surface area contributed by atoms with E-state index in [9.17, 15) is 4.79 Å². The Morgan fingerprint density at radius 3 is 2.43 bits per heavy atom. The first kappa shape index (κ1) is 15.0. The first-order chi connectivity index (χ1) is 11.1. The Balaban J connectivity index is 1.76. The second-order valence-electron chi connectivity index (χ2n) is 5.56. The summed E-state index contributed by atoms with van der Waals surface area (Å²) >= 11 is 0. The molecule has 0 aliphatic carbocycles. The summed E-state index contributed by atoms with van der Waals surface area (Å²) in [5, 5.41) is 7.29. The Morgan fingerprint density at radius 1 is 1.04 bits per heavy atom. The topological polar surface area (TPSA) is 46.9 Å². The van der Waals surface area contributed by atoms with Crippen LogP contribution in [0.25, 0.3) is 5.69 Å². The van der Waals surface area contributed by atoms with Crippen molar-refractivity contribution in [2.75, 3.05) is 0 Å². The van der Waals surface area contributed by atoms with E-state index in [1.165, 1.54) is 5.56 Å². The van der Waals surface area contributed by atoms with Crippen molar-refractivity contribution in [3.05, 3.63) is 83.2 Å². The molecule has 0 fully saturated rings. The van der Waals surface area contributed by atoms with Crippen LogP contribution in [-0.4, -0.2) is 15.7 Å². The fraction of sp³-hybridized carbons (Fsp3) is 0.158. The molecular weight excluding hydrogens is 286 g/mol. The molecule has 116 valence electrons. The van der Waals surface area contributed by atoms with Gasteiger partial charge < -0.3 is 5.32 Å². The van der Waals surface area contributed by atoms with E-state index in [0.29, 0.717) is 12.1 Å². The highest BCUT2D eigenvalue weighted by Gasteiger charge is 2.14. The number of carbonyl (C=O) groups is 1. The fourth-order valence-corrected chi connectivity index (χ4v) is 2.45. The lowest BCUT2D eigenvalue weighted by Crippen LogP contribution is -2.23. The van der Waals surface area contributed by atoms with Gasteiger partial charge in [-0.15, -0.1) is 0 Å². The molecule has 0 atom stereocenters. The zero-order valence-electron chi connectivity index (χ0n) is 13.3. The number of hydrogen-bond acceptors (Lipinski definition) is 2. The molecule has 0 aliphatic heterocycles. The Kier molecular flexibility index (Phi) is 4.24. The van der Waals surface area contributed by atoms with Crippen LogP contribution in [0.3, 0.4) is 0 Å². The summed E-state index contributed by atoms with van der Waals surface area (Å²) in [6, 6.07) is 17.9. The maximum absolute atomic E-state index is 12.4. The summed E-state index contributed by atoms with van der Waals surface area (Å²) < 4.78 is 1.79. The van der Waals surface area contributed by atoms with Crippen LogP contribution in [0.2, 0.25) is 0 Å². The van der Waals surface area contributed by atoms with Gasteiger partial charge in [-0.2, -0.15) is 5.10 Å². The minimum atomic E-state index is -0.107. The molecule has 4 heteroatoms. The smallest absolute Gasteiger partial charge is 0.255 e. The van der Waals surface area contributed by atoms with Gasteiger partial charge >= 0.3 is 0 Å². The number of aromatic nitrogens is 2. The number of nitrogens with one attached hydrogen (secondary N) is 1. The molecule has 0 aliphatic rings. The summed E-state index contributed by atoms with van der Waals surface area (Å²) in [6.45, 7) is 4.46. The zero-order valence-corrected chi connectivity index (χ0v) is 13.3. The lowest BCUT2D eigenvalue weighted by Gasteiger charge is -2.07. The number of nitrogens with zero attached hydrogens (tertiary/aromatic N) is 2. The van der Waals surface area contributed by atoms with Gasteiger partial charge in [-0.3, -0.25) is 4.79 Å². The molecule has 2 aromatic carbocycles. The van der Waals surface area contributed by atoms with Crippen LogP contribution in [0.5, 0.6) is 0 Å². The van der Waals surface area contributed by atoms with Gasteiger partial charge in [0.2, 0.25) is 0 Å². The van der Waals surface area contributed by atoms with E-state index >= 15 is 0 Å². The van der Waals surface area contributed by atoms with E-state index in [4.69, 9.17) is 0 Å². The minimum absolute atomic E-state index is 0.107. The Hall–Kier alpha value is -2.88. The summed E-state index contributed by atoms with van der Waals surface area (Å²) in [5.74, 6) is -0.107. The molecule has 3 rings (SSSR count). The molecule has 0 radical (unpaired) electrons. The van der Waals surface area contributed by atoms with Crippen molar-refractivity contribution < 1.29 is 4.79 Å². The van der Waals surface area contributed by atoms with Crippen molar-refractivity contribution in [3.8, 4) is 5.69 Å². The second kappa shape index (κ2) is 6.48. The van der Waals surface area contributed by atoms with Gasteiger partial charge in [0.1, 0.15) is 0 Å². The van der Waals surface area contributed by atoms with Crippen molar-refractivity contribution in [3.63, 3.8) is 0 Å². The van der Waals surface area contributed by atoms with Crippen molar-refractivity contribution in [1.82, 2.24) is 15.1 Å². The molecule has 0 spiro atoms. The highest BCUT2D eigenvalue weighted by molar-refractivity contribution is 5.95. The third-order valence-electron chi connectivity index (χ3n) is 3.83. The van der Waals surface area contributed by atoms with E-state index in [0.717, 1.165) is 16.9 Å². The molecule has 0 unspecified atom stereocenters. The van der Waals surface area contributed by atoms with Gasteiger partial charge in [0, 0.05) is 6.54 Å². The predicted octanol–water partition coefficient (Wildman–Crippen LogP) is 3.42. The molecule has 3 aromatic rings. The quantitative estimate of drug-likeness (QED) is 0.803. The number of benzene rings is 2. The van der Waals surface area contributed by atoms with Gasteiger partial charge in [-0.25, -0.2) is 4.68 Å². The molecule has 4 nitrogen and oxygen atoms in total. The van der Waals surface area contributed by atoms with E-state index < -0.39 is 0 Å². The van der Waals surface area contributed by atoms with E-state index in [2.05, 4.69) is 10.4 Å². The number of aryl methyl sites for hydroxylation is 1. The van der Waals surface area contributed by atoms with Crippen LogP contribution in [-0.2, 0) is 6.54 Å². The Labute approximate surface area is 135 Å². The van der Waals surface area contributed by atoms with Gasteiger partial charge in [0.05, 0.1) is 23.1 Å². The number of rotatable bonds is 4. The van der Waals surface area contributed by atoms with E-state index in [1.807, 2.05) is 68.4 Å². The van der Waals surface area contributed by atoms with Crippen molar-refractivity contribution in [1.29, 1.82) is 0 Å². The van der Waals surface area contributed by atoms with Gasteiger partial charge in [-0.1, -0.05) is 48.0 Å². The minimum Gasteiger partial charge on any atom is -0.348 e. The molecule has 1 heterocycles. The van der Waals surface area contributed by atoms with Crippen LogP contribution in [0, 0.1) is 13.8 Å².